The van der Waals surface area contributed by atoms with E-state index in [1.54, 1.807) is 11.4 Å². The summed E-state index contributed by atoms with van der Waals surface area (Å²) in [6.45, 7) is 4.44. The lowest BCUT2D eigenvalue weighted by Crippen LogP contribution is -2.36. The molecular formula is C17H37NO2S. The Hall–Kier alpha value is -0.0900. The summed E-state index contributed by atoms with van der Waals surface area (Å²) >= 11 is 0. The van der Waals surface area contributed by atoms with Gasteiger partial charge in [-0.1, -0.05) is 78.1 Å². The van der Waals surface area contributed by atoms with Crippen molar-refractivity contribution in [3.63, 3.8) is 0 Å². The molecule has 0 N–H and O–H groups in total. The van der Waals surface area contributed by atoms with Gasteiger partial charge in [0.15, 0.2) is 0 Å². The van der Waals surface area contributed by atoms with Crippen LogP contribution in [0.2, 0.25) is 0 Å². The Kier molecular flexibility index (Phi) is 12.4. The van der Waals surface area contributed by atoms with Crippen LogP contribution >= 0.6 is 0 Å². The molecule has 0 aromatic heterocycles. The molecule has 0 fully saturated rings. The number of nitrogens with zero attached hydrogens (tertiary/aromatic N) is 1. The Labute approximate surface area is 133 Å². The van der Waals surface area contributed by atoms with E-state index in [1.807, 2.05) is 0 Å². The fraction of sp³-hybridized carbons (Fsp3) is 1.00. The molecule has 0 aromatic rings. The zero-order chi connectivity index (χ0) is 16.1. The molecular weight excluding hydrogens is 282 g/mol. The summed E-state index contributed by atoms with van der Waals surface area (Å²) in [6.07, 6.45) is 15.8. The van der Waals surface area contributed by atoms with Crippen LogP contribution in [0, 0.1) is 0 Å². The van der Waals surface area contributed by atoms with Crippen molar-refractivity contribution in [2.75, 3.05) is 13.3 Å². The van der Waals surface area contributed by atoms with Gasteiger partial charge in [-0.05, 0) is 12.8 Å². The lowest BCUT2D eigenvalue weighted by atomic mass is 10.0. The molecule has 0 atom stereocenters. The van der Waals surface area contributed by atoms with E-state index in [1.165, 1.54) is 57.6 Å². The van der Waals surface area contributed by atoms with E-state index in [4.69, 9.17) is 0 Å². The number of hydrogen-bond acceptors (Lipinski definition) is 2. The highest BCUT2D eigenvalue weighted by molar-refractivity contribution is 7.88. The molecule has 0 amide bonds. The Bertz CT molecular complexity index is 314. The van der Waals surface area contributed by atoms with Crippen LogP contribution in [0.25, 0.3) is 0 Å². The van der Waals surface area contributed by atoms with Gasteiger partial charge >= 0.3 is 0 Å². The minimum atomic E-state index is -3.06. The van der Waals surface area contributed by atoms with E-state index in [-0.39, 0.29) is 6.04 Å². The van der Waals surface area contributed by atoms with Gasteiger partial charge in [0.25, 0.3) is 0 Å². The first-order valence-corrected chi connectivity index (χ1v) is 10.7. The van der Waals surface area contributed by atoms with Crippen molar-refractivity contribution in [1.29, 1.82) is 0 Å². The molecule has 0 unspecified atom stereocenters. The molecule has 0 aliphatic carbocycles. The maximum absolute atomic E-state index is 11.8. The van der Waals surface area contributed by atoms with Crippen molar-refractivity contribution >= 4 is 10.0 Å². The molecule has 0 rings (SSSR count). The van der Waals surface area contributed by atoms with Gasteiger partial charge in [-0.15, -0.1) is 0 Å². The minimum Gasteiger partial charge on any atom is -0.213 e. The van der Waals surface area contributed by atoms with Gasteiger partial charge in [0.2, 0.25) is 10.0 Å². The summed E-state index contributed by atoms with van der Waals surface area (Å²) in [5.74, 6) is 0. The average molecular weight is 320 g/mol. The van der Waals surface area contributed by atoms with Gasteiger partial charge in [0.1, 0.15) is 0 Å². The maximum Gasteiger partial charge on any atom is 0.211 e. The van der Waals surface area contributed by atoms with Crippen LogP contribution < -0.4 is 0 Å². The van der Waals surface area contributed by atoms with Crippen LogP contribution in [-0.4, -0.2) is 32.1 Å². The van der Waals surface area contributed by atoms with Crippen molar-refractivity contribution in [3.8, 4) is 0 Å². The van der Waals surface area contributed by atoms with Gasteiger partial charge in [-0.25, -0.2) is 12.7 Å². The van der Waals surface area contributed by atoms with Crippen LogP contribution in [-0.2, 0) is 10.0 Å². The molecule has 21 heavy (non-hydrogen) atoms. The third-order valence-electron chi connectivity index (χ3n) is 4.32. The van der Waals surface area contributed by atoms with Gasteiger partial charge < -0.3 is 0 Å². The number of sulfonamides is 1. The number of rotatable bonds is 14. The molecule has 0 radical (unpaired) electrons. The van der Waals surface area contributed by atoms with Gasteiger partial charge in [-0.3, -0.25) is 0 Å². The Morgan fingerprint density at radius 3 is 1.48 bits per heavy atom. The third-order valence-corrected chi connectivity index (χ3v) is 5.66. The first-order valence-electron chi connectivity index (χ1n) is 8.86. The van der Waals surface area contributed by atoms with Crippen LogP contribution in [0.15, 0.2) is 0 Å². The van der Waals surface area contributed by atoms with Crippen molar-refractivity contribution in [2.24, 2.45) is 0 Å². The van der Waals surface area contributed by atoms with E-state index < -0.39 is 10.0 Å². The predicted molar refractivity (Wildman–Crippen MR) is 93.1 cm³/mol. The second kappa shape index (κ2) is 12.5. The Morgan fingerprint density at radius 2 is 1.14 bits per heavy atom. The molecule has 0 aromatic carbocycles. The van der Waals surface area contributed by atoms with Gasteiger partial charge in [0, 0.05) is 13.1 Å². The number of hydrogen-bond donors (Lipinski definition) is 0. The second-order valence-corrected chi connectivity index (χ2v) is 8.38. The average Bonchev–Trinajstić information content (AvgIpc) is 2.43. The third kappa shape index (κ3) is 11.2. The zero-order valence-corrected chi connectivity index (χ0v) is 15.6. The van der Waals surface area contributed by atoms with Crippen molar-refractivity contribution in [1.82, 2.24) is 4.31 Å². The quantitative estimate of drug-likeness (QED) is 0.424. The molecule has 4 heteroatoms. The lowest BCUT2D eigenvalue weighted by Gasteiger charge is -2.26. The standard InChI is InChI=1S/C17H37NO2S/c1-5-7-9-11-13-15-17(18(3)21(4,19)20)16-14-12-10-8-6-2/h17H,5-16H2,1-4H3. The first-order chi connectivity index (χ1) is 9.93. The van der Waals surface area contributed by atoms with Crippen LogP contribution in [0.5, 0.6) is 0 Å². The SMILES string of the molecule is CCCCCCCC(CCCCCCC)N(C)S(C)(=O)=O. The van der Waals surface area contributed by atoms with E-state index in [2.05, 4.69) is 13.8 Å². The molecule has 0 saturated carbocycles. The molecule has 0 aliphatic heterocycles. The van der Waals surface area contributed by atoms with Crippen LogP contribution in [0.3, 0.4) is 0 Å². The number of unbranched alkanes of at least 4 members (excludes halogenated alkanes) is 8. The second-order valence-electron chi connectivity index (χ2n) is 6.34. The lowest BCUT2D eigenvalue weighted by molar-refractivity contribution is 0.315. The minimum absolute atomic E-state index is 0.197. The van der Waals surface area contributed by atoms with E-state index in [0.29, 0.717) is 0 Å². The molecule has 3 nitrogen and oxygen atoms in total. The van der Waals surface area contributed by atoms with Gasteiger partial charge in [-0.2, -0.15) is 0 Å². The monoisotopic (exact) mass is 319 g/mol. The molecule has 0 spiro atoms. The van der Waals surface area contributed by atoms with E-state index in [0.717, 1.165) is 25.7 Å². The highest BCUT2D eigenvalue weighted by Gasteiger charge is 2.21. The summed E-state index contributed by atoms with van der Waals surface area (Å²) in [5, 5.41) is 0. The first kappa shape index (κ1) is 20.9. The molecule has 0 aliphatic rings. The van der Waals surface area contributed by atoms with Crippen molar-refractivity contribution in [3.05, 3.63) is 0 Å². The van der Waals surface area contributed by atoms with E-state index >= 15 is 0 Å². The largest absolute Gasteiger partial charge is 0.213 e. The topological polar surface area (TPSA) is 37.4 Å². The highest BCUT2D eigenvalue weighted by Crippen LogP contribution is 2.19. The normalized spacial score (nSPS) is 12.5. The predicted octanol–water partition coefficient (Wildman–Crippen LogP) is 4.97. The Balaban J connectivity index is 4.15. The highest BCUT2D eigenvalue weighted by atomic mass is 32.2. The molecule has 128 valence electrons. The maximum atomic E-state index is 11.8. The molecule has 0 bridgehead atoms. The zero-order valence-electron chi connectivity index (χ0n) is 14.7. The fourth-order valence-corrected chi connectivity index (χ4v) is 3.50. The molecule has 0 saturated heterocycles. The fourth-order valence-electron chi connectivity index (χ4n) is 2.75. The Morgan fingerprint density at radius 1 is 0.762 bits per heavy atom. The van der Waals surface area contributed by atoms with Crippen molar-refractivity contribution in [2.45, 2.75) is 96.9 Å². The smallest absolute Gasteiger partial charge is 0.211 e. The molecule has 0 heterocycles. The summed E-state index contributed by atoms with van der Waals surface area (Å²) in [4.78, 5) is 0. The summed E-state index contributed by atoms with van der Waals surface area (Å²) in [7, 11) is -1.32. The van der Waals surface area contributed by atoms with Crippen LogP contribution in [0.1, 0.15) is 90.9 Å². The van der Waals surface area contributed by atoms with Crippen molar-refractivity contribution < 1.29 is 8.42 Å². The summed E-state index contributed by atoms with van der Waals surface area (Å²) in [6, 6.07) is 0.197. The summed E-state index contributed by atoms with van der Waals surface area (Å²) < 4.78 is 25.1. The van der Waals surface area contributed by atoms with Crippen LogP contribution in [0.4, 0.5) is 0 Å². The van der Waals surface area contributed by atoms with Gasteiger partial charge in [0.05, 0.1) is 6.26 Å². The summed E-state index contributed by atoms with van der Waals surface area (Å²) in [5.41, 5.74) is 0. The van der Waals surface area contributed by atoms with E-state index in [9.17, 15) is 8.42 Å².